The van der Waals surface area contributed by atoms with Crippen LogP contribution in [0.25, 0.3) is 98.8 Å². The zero-order valence-corrected chi connectivity index (χ0v) is 27.4. The molecule has 3 aromatic heterocycles. The number of hydrogen-bond donors (Lipinski definition) is 0. The molecule has 10 rings (SSSR count). The Morgan fingerprint density at radius 3 is 1.80 bits per heavy atom. The molecule has 0 saturated heterocycles. The van der Waals surface area contributed by atoms with E-state index in [1.165, 1.54) is 15.5 Å². The molecule has 0 radical (unpaired) electrons. The highest BCUT2D eigenvalue weighted by Gasteiger charge is 2.23. The van der Waals surface area contributed by atoms with Gasteiger partial charge in [0.05, 0.1) is 5.56 Å². The van der Waals surface area contributed by atoms with Gasteiger partial charge in [-0.25, -0.2) is 19.9 Å². The number of hydrogen-bond acceptors (Lipinski definition) is 6. The lowest BCUT2D eigenvalue weighted by Gasteiger charge is -2.11. The van der Waals surface area contributed by atoms with Crippen molar-refractivity contribution in [3.05, 3.63) is 158 Å². The van der Waals surface area contributed by atoms with E-state index in [9.17, 15) is 0 Å². The molecule has 10 aromatic rings. The van der Waals surface area contributed by atoms with Gasteiger partial charge >= 0.3 is 0 Å². The summed E-state index contributed by atoms with van der Waals surface area (Å²) in [5, 5.41) is 4.64. The molecule has 3 heterocycles. The van der Waals surface area contributed by atoms with Crippen LogP contribution in [0.1, 0.15) is 0 Å². The fourth-order valence-electron chi connectivity index (χ4n) is 6.71. The van der Waals surface area contributed by atoms with E-state index in [0.29, 0.717) is 28.9 Å². The second kappa shape index (κ2) is 11.6. The molecule has 234 valence electrons. The van der Waals surface area contributed by atoms with Crippen LogP contribution in [0.2, 0.25) is 0 Å². The van der Waals surface area contributed by atoms with Crippen molar-refractivity contribution in [2.75, 3.05) is 0 Å². The molecule has 6 heteroatoms. The van der Waals surface area contributed by atoms with Gasteiger partial charge in [-0.05, 0) is 46.2 Å². The number of thiophene rings is 1. The highest BCUT2D eigenvalue weighted by molar-refractivity contribution is 7.26. The molecule has 0 aliphatic rings. The summed E-state index contributed by atoms with van der Waals surface area (Å²) in [5.41, 5.74) is 7.28. The van der Waals surface area contributed by atoms with Gasteiger partial charge in [0.25, 0.3) is 0 Å². The van der Waals surface area contributed by atoms with Gasteiger partial charge in [-0.3, -0.25) is 0 Å². The molecule has 0 N–H and O–H groups in total. The van der Waals surface area contributed by atoms with Gasteiger partial charge in [-0.1, -0.05) is 127 Å². The number of nitrogens with zero attached hydrogens (tertiary/aromatic N) is 4. The summed E-state index contributed by atoms with van der Waals surface area (Å²) >= 11 is 1.73. The fourth-order valence-corrected chi connectivity index (χ4v) is 7.85. The minimum Gasteiger partial charge on any atom is -0.436 e. The lowest BCUT2D eigenvalue weighted by atomic mass is 10.00. The van der Waals surface area contributed by atoms with E-state index in [4.69, 9.17) is 24.4 Å². The van der Waals surface area contributed by atoms with Crippen LogP contribution in [-0.4, -0.2) is 19.9 Å². The van der Waals surface area contributed by atoms with Gasteiger partial charge in [0.2, 0.25) is 5.89 Å². The minimum absolute atomic E-state index is 0.555. The molecule has 0 bridgehead atoms. The highest BCUT2D eigenvalue weighted by atomic mass is 32.1. The largest absolute Gasteiger partial charge is 0.436 e. The van der Waals surface area contributed by atoms with Crippen LogP contribution in [0.4, 0.5) is 0 Å². The van der Waals surface area contributed by atoms with E-state index in [1.54, 1.807) is 11.3 Å². The summed E-state index contributed by atoms with van der Waals surface area (Å²) in [6.07, 6.45) is 0. The molecular weight excluding hydrogens is 633 g/mol. The van der Waals surface area contributed by atoms with Crippen LogP contribution in [-0.2, 0) is 0 Å². The fraction of sp³-hybridized carbons (Fsp3) is 0. The van der Waals surface area contributed by atoms with Crippen molar-refractivity contribution >= 4 is 53.4 Å². The number of rotatable bonds is 5. The molecule has 0 saturated carbocycles. The predicted molar refractivity (Wildman–Crippen MR) is 205 cm³/mol. The molecule has 0 aliphatic carbocycles. The number of fused-ring (bicyclic) bond motifs is 5. The SMILES string of the molecule is c1ccc(-c2nc(-c3ccc(-c4ccc5ccccc5c4)cc3)nc(-c3c4nc(-c5ccccc5)oc4cc4sc5ccccc5c34)n2)cc1. The normalized spacial score (nSPS) is 11.6. The summed E-state index contributed by atoms with van der Waals surface area (Å²) in [4.78, 5) is 20.5. The zero-order chi connectivity index (χ0) is 33.0. The maximum absolute atomic E-state index is 6.46. The summed E-state index contributed by atoms with van der Waals surface area (Å²) in [5.74, 6) is 2.31. The third-order valence-electron chi connectivity index (χ3n) is 9.16. The van der Waals surface area contributed by atoms with Gasteiger partial charge in [0.1, 0.15) is 5.52 Å². The van der Waals surface area contributed by atoms with Crippen molar-refractivity contribution in [2.45, 2.75) is 0 Å². The van der Waals surface area contributed by atoms with Crippen molar-refractivity contribution in [3.63, 3.8) is 0 Å². The third kappa shape index (κ3) is 4.85. The number of oxazole rings is 1. The van der Waals surface area contributed by atoms with Crippen molar-refractivity contribution in [2.24, 2.45) is 0 Å². The van der Waals surface area contributed by atoms with Gasteiger partial charge in [0.15, 0.2) is 23.1 Å². The van der Waals surface area contributed by atoms with Crippen molar-refractivity contribution in [1.29, 1.82) is 0 Å². The first-order valence-corrected chi connectivity index (χ1v) is 17.3. The molecule has 0 unspecified atom stereocenters. The maximum Gasteiger partial charge on any atom is 0.227 e. The van der Waals surface area contributed by atoms with E-state index in [1.807, 2.05) is 60.7 Å². The van der Waals surface area contributed by atoms with Crippen LogP contribution in [0.3, 0.4) is 0 Å². The number of aromatic nitrogens is 4. The summed E-state index contributed by atoms with van der Waals surface area (Å²) in [6, 6.07) is 54.1. The molecule has 0 aliphatic heterocycles. The van der Waals surface area contributed by atoms with E-state index in [2.05, 4.69) is 97.1 Å². The molecule has 0 atom stereocenters. The van der Waals surface area contributed by atoms with Crippen LogP contribution < -0.4 is 0 Å². The van der Waals surface area contributed by atoms with Crippen molar-refractivity contribution < 1.29 is 4.42 Å². The van der Waals surface area contributed by atoms with E-state index in [-0.39, 0.29) is 0 Å². The van der Waals surface area contributed by atoms with E-state index in [0.717, 1.165) is 54.4 Å². The molecule has 0 amide bonds. The van der Waals surface area contributed by atoms with Crippen LogP contribution >= 0.6 is 11.3 Å². The monoisotopic (exact) mass is 658 g/mol. The molecule has 5 nitrogen and oxygen atoms in total. The predicted octanol–water partition coefficient (Wildman–Crippen LogP) is 11.9. The molecule has 0 spiro atoms. The zero-order valence-electron chi connectivity index (χ0n) is 26.6. The Kier molecular flexibility index (Phi) is 6.60. The van der Waals surface area contributed by atoms with Crippen LogP contribution in [0.15, 0.2) is 162 Å². The van der Waals surface area contributed by atoms with E-state index < -0.39 is 0 Å². The quantitative estimate of drug-likeness (QED) is 0.184. The first kappa shape index (κ1) is 28.5. The lowest BCUT2D eigenvalue weighted by Crippen LogP contribution is -2.01. The topological polar surface area (TPSA) is 64.7 Å². The second-order valence-corrected chi connectivity index (χ2v) is 13.4. The Labute approximate surface area is 291 Å². The summed E-state index contributed by atoms with van der Waals surface area (Å²) in [7, 11) is 0. The average molecular weight is 659 g/mol. The second-order valence-electron chi connectivity index (χ2n) is 12.3. The van der Waals surface area contributed by atoms with E-state index >= 15 is 0 Å². The molecule has 7 aromatic carbocycles. The smallest absolute Gasteiger partial charge is 0.227 e. The van der Waals surface area contributed by atoms with Gasteiger partial charge in [-0.15, -0.1) is 11.3 Å². The van der Waals surface area contributed by atoms with Crippen LogP contribution in [0, 0.1) is 0 Å². The average Bonchev–Trinajstić information content (AvgIpc) is 3.79. The molecule has 0 fully saturated rings. The van der Waals surface area contributed by atoms with Gasteiger partial charge in [-0.2, -0.15) is 0 Å². The van der Waals surface area contributed by atoms with Gasteiger partial charge < -0.3 is 4.42 Å². The van der Waals surface area contributed by atoms with Crippen molar-refractivity contribution in [3.8, 4) is 56.7 Å². The highest BCUT2D eigenvalue weighted by Crippen LogP contribution is 2.44. The maximum atomic E-state index is 6.46. The first-order chi connectivity index (χ1) is 24.7. The number of benzene rings is 7. The Bertz CT molecular complexity index is 2860. The first-order valence-electron chi connectivity index (χ1n) is 16.5. The third-order valence-corrected chi connectivity index (χ3v) is 10.3. The molecule has 50 heavy (non-hydrogen) atoms. The summed E-state index contributed by atoms with van der Waals surface area (Å²) in [6.45, 7) is 0. The Balaban J connectivity index is 1.20. The Morgan fingerprint density at radius 2 is 1.02 bits per heavy atom. The van der Waals surface area contributed by atoms with Crippen LogP contribution in [0.5, 0.6) is 0 Å². The standard InChI is InChI=1S/C44H26N4OS/c1-3-12-29(13-4-1)41-46-42(30-22-19-28(20-23-30)33-24-21-27-11-7-8-16-32(27)25-33)48-43(47-41)39-38-34-17-9-10-18-36(34)50-37(38)26-35-40(39)45-44(49-35)31-14-5-2-6-15-31/h1-26H. The van der Waals surface area contributed by atoms with Crippen molar-refractivity contribution in [1.82, 2.24) is 19.9 Å². The Hall–Kier alpha value is -6.50. The minimum atomic E-state index is 0.555. The summed E-state index contributed by atoms with van der Waals surface area (Å²) < 4.78 is 8.73. The lowest BCUT2D eigenvalue weighted by molar-refractivity contribution is 0.620. The molecular formula is C44H26N4OS. The Morgan fingerprint density at radius 1 is 0.420 bits per heavy atom. The van der Waals surface area contributed by atoms with Gasteiger partial charge in [0, 0.05) is 42.9 Å².